The largest absolute Gasteiger partial charge is 0.478 e. The highest BCUT2D eigenvalue weighted by Gasteiger charge is 2.35. The second-order valence-corrected chi connectivity index (χ2v) is 21.1. The number of anilines is 3. The molecular formula is C43H40FN7O10S4. The number of piperazine rings is 1. The molecule has 2 aliphatic heterocycles. The Kier molecular flexibility index (Phi) is 14.5. The van der Waals surface area contributed by atoms with Crippen LogP contribution in [0.25, 0.3) is 0 Å². The third-order valence-electron chi connectivity index (χ3n) is 10.6. The standard InChI is InChI=1S/C24H21FN4O5S2.C19H19N3O5S2/c1-15-22(36(33,34)29-10-8-28(9-11-29)18-5-3-17(25)4-6-18)13-21(35-15)23(30)27-20-7-2-16(14-26)12-19(20)24(31)32;1-11-4-3-7-22(11)29(26,27)17-9-16(28-12(17)2)18(23)21-15-6-5-13(10-20)8-14(15)19(24)25/h2-7,12-13H,8-11H2,1H3,(H,27,30)(H,31,32);5-6,8-9,11H,3-4,7H2,1-2H3,(H,21,23)(H,24,25). The quantitative estimate of drug-likeness (QED) is 0.109. The number of thiophene rings is 2. The molecule has 0 saturated carbocycles. The zero-order chi connectivity index (χ0) is 47.4. The van der Waals surface area contributed by atoms with E-state index < -0.39 is 43.8 Å². The summed E-state index contributed by atoms with van der Waals surface area (Å²) in [5.41, 5.74) is 0.657. The van der Waals surface area contributed by atoms with Crippen molar-refractivity contribution >= 4 is 83.5 Å². The average Bonchev–Trinajstić information content (AvgIpc) is 4.03. The van der Waals surface area contributed by atoms with Crippen molar-refractivity contribution in [2.75, 3.05) is 48.3 Å². The van der Waals surface area contributed by atoms with E-state index in [1.807, 2.05) is 24.0 Å². The van der Waals surface area contributed by atoms with Gasteiger partial charge in [0.15, 0.2) is 0 Å². The molecule has 0 radical (unpaired) electrons. The lowest BCUT2D eigenvalue weighted by Gasteiger charge is -2.35. The molecule has 1 unspecified atom stereocenters. The number of aromatic carboxylic acids is 2. The molecule has 0 aliphatic carbocycles. The molecule has 22 heteroatoms. The third kappa shape index (κ3) is 10.5. The maximum atomic E-state index is 13.3. The fraction of sp³-hybridized carbons (Fsp3) is 0.256. The lowest BCUT2D eigenvalue weighted by Crippen LogP contribution is -2.48. The summed E-state index contributed by atoms with van der Waals surface area (Å²) in [5.74, 6) is -4.20. The monoisotopic (exact) mass is 961 g/mol. The van der Waals surface area contributed by atoms with Crippen molar-refractivity contribution in [1.82, 2.24) is 8.61 Å². The number of halogens is 1. The second-order valence-electron chi connectivity index (χ2n) is 14.8. The number of hydrogen-bond donors (Lipinski definition) is 4. The Morgan fingerprint density at radius 2 is 1.15 bits per heavy atom. The van der Waals surface area contributed by atoms with Gasteiger partial charge >= 0.3 is 11.9 Å². The van der Waals surface area contributed by atoms with Crippen LogP contribution >= 0.6 is 22.7 Å². The van der Waals surface area contributed by atoms with Gasteiger partial charge in [-0.1, -0.05) is 0 Å². The Morgan fingerprint density at radius 1 is 0.692 bits per heavy atom. The first-order valence-corrected chi connectivity index (χ1v) is 24.2. The molecule has 0 bridgehead atoms. The van der Waals surface area contributed by atoms with Crippen LogP contribution < -0.4 is 15.5 Å². The Bertz CT molecular complexity index is 3000. The highest BCUT2D eigenvalue weighted by Crippen LogP contribution is 2.34. The number of carboxylic acids is 2. The summed E-state index contributed by atoms with van der Waals surface area (Å²) in [6, 6.07) is 20.0. The molecule has 65 heavy (non-hydrogen) atoms. The van der Waals surface area contributed by atoms with Crippen LogP contribution in [-0.4, -0.2) is 98.2 Å². The summed E-state index contributed by atoms with van der Waals surface area (Å²) < 4.78 is 68.6. The van der Waals surface area contributed by atoms with Gasteiger partial charge in [0.25, 0.3) is 11.8 Å². The molecule has 2 fully saturated rings. The molecule has 2 aromatic heterocycles. The highest BCUT2D eigenvalue weighted by molar-refractivity contribution is 7.89. The van der Waals surface area contributed by atoms with Crippen LogP contribution in [0.3, 0.4) is 0 Å². The molecule has 3 aromatic carbocycles. The summed E-state index contributed by atoms with van der Waals surface area (Å²) in [6.45, 7) is 6.86. The Morgan fingerprint density at radius 3 is 1.57 bits per heavy atom. The number of benzene rings is 3. The Balaban J connectivity index is 0.000000221. The van der Waals surface area contributed by atoms with Gasteiger partial charge in [-0.25, -0.2) is 30.8 Å². The first-order chi connectivity index (χ1) is 30.7. The number of carboxylic acid groups (broad SMARTS) is 2. The van der Waals surface area contributed by atoms with Crippen molar-refractivity contribution in [3.05, 3.63) is 120 Å². The Labute approximate surface area is 381 Å². The summed E-state index contributed by atoms with van der Waals surface area (Å²) in [6.07, 6.45) is 1.60. The molecule has 5 aromatic rings. The number of rotatable bonds is 11. The molecule has 338 valence electrons. The molecule has 17 nitrogen and oxygen atoms in total. The third-order valence-corrected chi connectivity index (χ3v) is 17.1. The van der Waals surface area contributed by atoms with Gasteiger partial charge in [0.2, 0.25) is 20.0 Å². The predicted octanol–water partition coefficient (Wildman–Crippen LogP) is 6.58. The van der Waals surface area contributed by atoms with E-state index in [2.05, 4.69) is 10.6 Å². The van der Waals surface area contributed by atoms with Crippen molar-refractivity contribution in [2.24, 2.45) is 0 Å². The van der Waals surface area contributed by atoms with Crippen molar-refractivity contribution in [2.45, 2.75) is 49.4 Å². The summed E-state index contributed by atoms with van der Waals surface area (Å²) in [7, 11) is -7.58. The molecule has 2 aliphatic rings. The first-order valence-electron chi connectivity index (χ1n) is 19.7. The average molecular weight is 962 g/mol. The molecular weight excluding hydrogens is 922 g/mol. The number of nitriles is 2. The van der Waals surface area contributed by atoms with Crippen molar-refractivity contribution in [1.29, 1.82) is 10.5 Å². The van der Waals surface area contributed by atoms with Gasteiger partial charge in [0.1, 0.15) is 5.82 Å². The van der Waals surface area contributed by atoms with Gasteiger partial charge in [0.05, 0.1) is 65.3 Å². The SMILES string of the molecule is Cc1sc(C(=O)Nc2ccc(C#N)cc2C(=O)O)cc1S(=O)(=O)N1CCCC1C.Cc1sc(C(=O)Nc2ccc(C#N)cc2C(=O)O)cc1S(=O)(=O)N1CCN(c2ccc(F)cc2)CC1. The molecule has 7 rings (SSSR count). The second kappa shape index (κ2) is 19.7. The first kappa shape index (κ1) is 47.9. The number of aryl methyl sites for hydroxylation is 2. The normalized spacial score (nSPS) is 15.5. The molecule has 0 spiro atoms. The predicted molar refractivity (Wildman–Crippen MR) is 240 cm³/mol. The minimum atomic E-state index is -3.87. The number of carbonyl (C=O) groups excluding carboxylic acids is 2. The van der Waals surface area contributed by atoms with Crippen molar-refractivity contribution in [3.8, 4) is 12.1 Å². The van der Waals surface area contributed by atoms with Crippen molar-refractivity contribution in [3.63, 3.8) is 0 Å². The molecule has 2 saturated heterocycles. The number of amides is 2. The smallest absolute Gasteiger partial charge is 0.337 e. The summed E-state index contributed by atoms with van der Waals surface area (Å²) >= 11 is 2.02. The van der Waals surface area contributed by atoms with Gasteiger partial charge in [-0.05, 0) is 106 Å². The number of nitrogens with one attached hydrogen (secondary N) is 2. The maximum Gasteiger partial charge on any atom is 0.337 e. The molecule has 4 N–H and O–H groups in total. The van der Waals surface area contributed by atoms with Crippen LogP contribution in [0, 0.1) is 42.3 Å². The van der Waals surface area contributed by atoms with E-state index in [1.54, 1.807) is 26.0 Å². The minimum Gasteiger partial charge on any atom is -0.478 e. The lowest BCUT2D eigenvalue weighted by atomic mass is 10.1. The summed E-state index contributed by atoms with van der Waals surface area (Å²) in [5, 5.41) is 41.6. The zero-order valence-corrected chi connectivity index (χ0v) is 38.1. The van der Waals surface area contributed by atoms with Crippen molar-refractivity contribution < 1.29 is 50.6 Å². The van der Waals surface area contributed by atoms with Crippen LogP contribution in [0.1, 0.15) is 80.7 Å². The molecule has 2 amide bonds. The number of nitrogens with zero attached hydrogens (tertiary/aromatic N) is 5. The van der Waals surface area contributed by atoms with E-state index in [9.17, 15) is 50.6 Å². The summed E-state index contributed by atoms with van der Waals surface area (Å²) in [4.78, 5) is 51.7. The Hall–Kier alpha value is -6.53. The number of hydrogen-bond acceptors (Lipinski definition) is 13. The van der Waals surface area contributed by atoms with Gasteiger partial charge in [-0.15, -0.1) is 22.7 Å². The fourth-order valence-corrected chi connectivity index (χ4v) is 13.2. The van der Waals surface area contributed by atoms with E-state index in [4.69, 9.17) is 10.5 Å². The highest BCUT2D eigenvalue weighted by atomic mass is 32.2. The van der Waals surface area contributed by atoms with Gasteiger partial charge in [-0.3, -0.25) is 9.59 Å². The number of carbonyl (C=O) groups is 4. The topological polar surface area (TPSA) is 258 Å². The minimum absolute atomic E-state index is 0.00104. The van der Waals surface area contributed by atoms with E-state index in [0.29, 0.717) is 29.4 Å². The van der Waals surface area contributed by atoms with E-state index in [0.717, 1.165) is 47.3 Å². The van der Waals surface area contributed by atoms with Crippen LogP contribution in [0.2, 0.25) is 0 Å². The van der Waals surface area contributed by atoms with Crippen LogP contribution in [-0.2, 0) is 20.0 Å². The van der Waals surface area contributed by atoms with Crippen LogP contribution in [0.5, 0.6) is 0 Å². The maximum absolute atomic E-state index is 13.3. The lowest BCUT2D eigenvalue weighted by molar-refractivity contribution is 0.0687. The van der Waals surface area contributed by atoms with Gasteiger partial charge in [0, 0.05) is 54.2 Å². The molecule has 4 heterocycles. The van der Waals surface area contributed by atoms with Gasteiger partial charge in [-0.2, -0.15) is 19.1 Å². The van der Waals surface area contributed by atoms with E-state index in [-0.39, 0.29) is 78.1 Å². The van der Waals surface area contributed by atoms with Gasteiger partial charge < -0.3 is 25.7 Å². The van der Waals surface area contributed by atoms with E-state index >= 15 is 0 Å². The van der Waals surface area contributed by atoms with Crippen LogP contribution in [0.15, 0.2) is 82.6 Å². The number of sulfonamides is 2. The van der Waals surface area contributed by atoms with Crippen LogP contribution in [0.4, 0.5) is 21.5 Å². The zero-order valence-electron chi connectivity index (χ0n) is 34.9. The fourth-order valence-electron chi connectivity index (χ4n) is 7.20. The van der Waals surface area contributed by atoms with E-state index in [1.165, 1.54) is 63.2 Å². The molecule has 1 atom stereocenters.